The van der Waals surface area contributed by atoms with Crippen molar-refractivity contribution in [2.24, 2.45) is 0 Å². The number of rotatable bonds is 1. The number of H-pyrrole nitrogens is 1. The summed E-state index contributed by atoms with van der Waals surface area (Å²) < 4.78 is 5.83. The summed E-state index contributed by atoms with van der Waals surface area (Å²) in [6.07, 6.45) is 0. The number of fused-ring (bicyclic) bond motifs is 1. The second-order valence-electron chi connectivity index (χ2n) is 2.93. The highest BCUT2D eigenvalue weighted by Crippen LogP contribution is 2.30. The predicted molar refractivity (Wildman–Crippen MR) is 71.9 cm³/mol. The van der Waals surface area contributed by atoms with Gasteiger partial charge in [0.25, 0.3) is 5.56 Å². The number of hydrogen-bond acceptors (Lipinski definition) is 4. The number of hydrogen-bond donors (Lipinski definition) is 2. The summed E-state index contributed by atoms with van der Waals surface area (Å²) in [7, 11) is 1.50. The van der Waals surface area contributed by atoms with E-state index in [0.717, 1.165) is 0 Å². The van der Waals surface area contributed by atoms with Gasteiger partial charge in [0.2, 0.25) is 5.95 Å². The van der Waals surface area contributed by atoms with E-state index in [1.165, 1.54) is 7.11 Å². The van der Waals surface area contributed by atoms with Crippen LogP contribution in [0.15, 0.2) is 21.4 Å². The Morgan fingerprint density at radius 3 is 2.50 bits per heavy atom. The van der Waals surface area contributed by atoms with Crippen LogP contribution in [0.1, 0.15) is 0 Å². The number of methoxy groups -OCH3 is 1. The lowest BCUT2D eigenvalue weighted by atomic mass is 10.2. The maximum atomic E-state index is 11.7. The fourth-order valence-electron chi connectivity index (χ4n) is 1.40. The van der Waals surface area contributed by atoms with Crippen molar-refractivity contribution in [1.29, 1.82) is 0 Å². The van der Waals surface area contributed by atoms with E-state index in [9.17, 15) is 4.79 Å². The molecule has 102 valence electrons. The molecule has 0 aliphatic rings. The number of aromatic nitrogens is 2. The van der Waals surface area contributed by atoms with Crippen molar-refractivity contribution in [3.05, 3.63) is 27.0 Å². The molecule has 0 radical (unpaired) electrons. The third-order valence-corrected chi connectivity index (χ3v) is 2.63. The molecular weight excluding hydrogens is 310 g/mol. The predicted octanol–water partition coefficient (Wildman–Crippen LogP) is -1.20. The topological polar surface area (TPSA) is 176 Å². The number of nitrogens with zero attached hydrogens (tertiary/aromatic N) is 1. The van der Waals surface area contributed by atoms with Crippen molar-refractivity contribution >= 4 is 32.8 Å². The molecule has 0 saturated heterocycles. The number of nitrogen functional groups attached to an aromatic ring is 1. The van der Waals surface area contributed by atoms with Gasteiger partial charge in [-0.1, -0.05) is 0 Å². The summed E-state index contributed by atoms with van der Waals surface area (Å²) in [5.41, 5.74) is 5.64. The van der Waals surface area contributed by atoms with Gasteiger partial charge in [-0.25, -0.2) is 4.98 Å². The molecule has 0 aliphatic carbocycles. The molecule has 9 heteroatoms. The van der Waals surface area contributed by atoms with Crippen LogP contribution >= 0.6 is 15.9 Å². The van der Waals surface area contributed by atoms with Gasteiger partial charge in [0, 0.05) is 0 Å². The van der Waals surface area contributed by atoms with Crippen molar-refractivity contribution in [3.63, 3.8) is 0 Å². The zero-order valence-corrected chi connectivity index (χ0v) is 11.0. The molecule has 8 nitrogen and oxygen atoms in total. The zero-order chi connectivity index (χ0) is 11.0. The van der Waals surface area contributed by atoms with E-state index in [1.54, 1.807) is 12.1 Å². The first-order valence-electron chi connectivity index (χ1n) is 4.15. The van der Waals surface area contributed by atoms with Gasteiger partial charge in [-0.05, 0) is 28.1 Å². The number of nitrogens with two attached hydrogens (primary N) is 1. The lowest BCUT2D eigenvalue weighted by molar-refractivity contribution is 0.417. The van der Waals surface area contributed by atoms with Gasteiger partial charge in [0.05, 0.1) is 17.1 Å². The second kappa shape index (κ2) is 6.91. The van der Waals surface area contributed by atoms with E-state index in [-0.39, 0.29) is 27.9 Å². The molecule has 0 aliphatic heterocycles. The summed E-state index contributed by atoms with van der Waals surface area (Å²) in [6, 6.07) is 3.46. The van der Waals surface area contributed by atoms with Gasteiger partial charge in [-0.2, -0.15) is 0 Å². The van der Waals surface area contributed by atoms with Crippen LogP contribution in [-0.4, -0.2) is 33.5 Å². The van der Waals surface area contributed by atoms with Crippen LogP contribution in [0.25, 0.3) is 10.9 Å². The normalized spacial score (nSPS) is 8.78. The number of ether oxygens (including phenoxy) is 1. The highest BCUT2D eigenvalue weighted by molar-refractivity contribution is 9.10. The van der Waals surface area contributed by atoms with E-state index in [1.807, 2.05) is 0 Å². The fourth-order valence-corrected chi connectivity index (χ4v) is 1.89. The number of benzene rings is 1. The van der Waals surface area contributed by atoms with Crippen LogP contribution < -0.4 is 16.0 Å². The van der Waals surface area contributed by atoms with Crippen molar-refractivity contribution < 1.29 is 21.2 Å². The molecule has 0 spiro atoms. The molecule has 0 bridgehead atoms. The number of nitrogens with one attached hydrogen (secondary N) is 1. The lowest BCUT2D eigenvalue weighted by Crippen LogP contribution is -2.12. The molecule has 0 unspecified atom stereocenters. The van der Waals surface area contributed by atoms with E-state index >= 15 is 0 Å². The summed E-state index contributed by atoms with van der Waals surface area (Å²) in [5.74, 6) is 0.554. The van der Waals surface area contributed by atoms with Crippen molar-refractivity contribution in [2.45, 2.75) is 0 Å². The minimum absolute atomic E-state index is 0. The summed E-state index contributed by atoms with van der Waals surface area (Å²) in [5, 5.41) is 0.390. The van der Waals surface area contributed by atoms with E-state index in [2.05, 4.69) is 25.9 Å². The molecule has 2 rings (SSSR count). The first-order valence-corrected chi connectivity index (χ1v) is 4.95. The Bertz CT molecular complexity index is 586. The maximum Gasteiger partial charge on any atom is 0.263 e. The number of aromatic amines is 1. The molecule has 1 heterocycles. The van der Waals surface area contributed by atoms with E-state index in [0.29, 0.717) is 21.1 Å². The summed E-state index contributed by atoms with van der Waals surface area (Å²) in [4.78, 5) is 18.1. The van der Waals surface area contributed by atoms with Crippen LogP contribution in [0, 0.1) is 0 Å². The van der Waals surface area contributed by atoms with Crippen molar-refractivity contribution in [3.8, 4) is 5.75 Å². The third kappa shape index (κ3) is 2.96. The highest BCUT2D eigenvalue weighted by Gasteiger charge is 2.11. The van der Waals surface area contributed by atoms with Gasteiger partial charge in [-0.3, -0.25) is 9.78 Å². The van der Waals surface area contributed by atoms with Gasteiger partial charge in [0.1, 0.15) is 11.1 Å². The first kappa shape index (κ1) is 18.7. The smallest absolute Gasteiger partial charge is 0.263 e. The third-order valence-electron chi connectivity index (χ3n) is 2.00. The van der Waals surface area contributed by atoms with Crippen LogP contribution in [0.2, 0.25) is 0 Å². The quantitative estimate of drug-likeness (QED) is 0.670. The molecule has 0 saturated carbocycles. The first-order chi connectivity index (χ1) is 7.13. The van der Waals surface area contributed by atoms with Crippen molar-refractivity contribution in [1.82, 2.24) is 9.97 Å². The fraction of sp³-hybridized carbons (Fsp3) is 0.111. The molecule has 2 aromatic rings. The standard InChI is InChI=1S/C9H8BrN3O2.3H2O/c1-15-7-4(10)2-3-5-6(7)8(14)13-9(11)12-5;;;/h2-3H,1H3,(H3,11,12,13,14);3*1H2. The minimum atomic E-state index is -0.310. The van der Waals surface area contributed by atoms with Gasteiger partial charge in [-0.15, -0.1) is 0 Å². The Kier molecular flexibility index (Phi) is 7.17. The zero-order valence-electron chi connectivity index (χ0n) is 9.37. The van der Waals surface area contributed by atoms with Crippen molar-refractivity contribution in [2.75, 3.05) is 12.8 Å². The van der Waals surface area contributed by atoms with Crippen LogP contribution in [-0.2, 0) is 0 Å². The summed E-state index contributed by atoms with van der Waals surface area (Å²) >= 11 is 3.29. The number of anilines is 1. The average molecular weight is 324 g/mol. The Balaban J connectivity index is 0. The minimum Gasteiger partial charge on any atom is -0.495 e. The second-order valence-corrected chi connectivity index (χ2v) is 3.78. The monoisotopic (exact) mass is 323 g/mol. The highest BCUT2D eigenvalue weighted by atomic mass is 79.9. The molecule has 1 aromatic heterocycles. The molecule has 0 amide bonds. The van der Waals surface area contributed by atoms with Crippen LogP contribution in [0.4, 0.5) is 5.95 Å². The summed E-state index contributed by atoms with van der Waals surface area (Å²) in [6.45, 7) is 0. The molecule has 1 aromatic carbocycles. The van der Waals surface area contributed by atoms with Gasteiger partial charge in [0.15, 0.2) is 0 Å². The molecule has 0 fully saturated rings. The Hall–Kier alpha value is -1.68. The molecular formula is C9H14BrN3O5. The van der Waals surface area contributed by atoms with Crippen LogP contribution in [0.3, 0.4) is 0 Å². The lowest BCUT2D eigenvalue weighted by Gasteiger charge is -2.06. The Morgan fingerprint density at radius 2 is 1.94 bits per heavy atom. The number of halogens is 1. The van der Waals surface area contributed by atoms with E-state index in [4.69, 9.17) is 10.5 Å². The van der Waals surface area contributed by atoms with Crippen LogP contribution in [0.5, 0.6) is 5.75 Å². The Morgan fingerprint density at radius 1 is 1.33 bits per heavy atom. The average Bonchev–Trinajstić information content (AvgIpc) is 2.18. The molecule has 18 heavy (non-hydrogen) atoms. The van der Waals surface area contributed by atoms with Gasteiger partial charge < -0.3 is 26.9 Å². The van der Waals surface area contributed by atoms with E-state index < -0.39 is 0 Å². The molecule has 9 N–H and O–H groups in total. The maximum absolute atomic E-state index is 11.7. The largest absolute Gasteiger partial charge is 0.495 e. The molecule has 0 atom stereocenters. The SMILES string of the molecule is COc1c(Br)ccc2nc(N)[nH]c(=O)c12.O.O.O. The van der Waals surface area contributed by atoms with Gasteiger partial charge >= 0.3 is 0 Å². The Labute approximate surface area is 110 Å².